The minimum Gasteiger partial charge on any atom is -0.388 e. The lowest BCUT2D eigenvalue weighted by atomic mass is 9.90. The van der Waals surface area contributed by atoms with Gasteiger partial charge < -0.3 is 20.9 Å². The minimum absolute atomic E-state index is 0.121. The molecule has 0 fully saturated rings. The lowest BCUT2D eigenvalue weighted by Gasteiger charge is -2.28. The topological polar surface area (TPSA) is 116 Å². The molecule has 1 aromatic heterocycles. The Labute approximate surface area is 216 Å². The number of rotatable bonds is 6. The van der Waals surface area contributed by atoms with Crippen LogP contribution in [0.5, 0.6) is 0 Å². The number of amides is 3. The molecular weight excluding hydrogens is 468 g/mol. The summed E-state index contributed by atoms with van der Waals surface area (Å²) in [6, 6.07) is 19.2. The first-order chi connectivity index (χ1) is 17.7. The summed E-state index contributed by atoms with van der Waals surface area (Å²) in [6.07, 6.45) is 0.350. The van der Waals surface area contributed by atoms with Crippen molar-refractivity contribution in [3.63, 3.8) is 0 Å². The molecule has 3 amide bonds. The minimum atomic E-state index is -1.29. The van der Waals surface area contributed by atoms with E-state index in [1.807, 2.05) is 45.0 Å². The first-order valence-electron chi connectivity index (χ1n) is 12.0. The van der Waals surface area contributed by atoms with Gasteiger partial charge in [-0.05, 0) is 36.4 Å². The fourth-order valence-corrected chi connectivity index (χ4v) is 3.82. The Kier molecular flexibility index (Phi) is 7.33. The van der Waals surface area contributed by atoms with Crippen molar-refractivity contribution < 1.29 is 14.4 Å². The average molecular weight is 499 g/mol. The normalized spacial score (nSPS) is 15.2. The molecule has 2 heterocycles. The molecule has 1 aliphatic heterocycles. The number of para-hydroxylation sites is 1. The van der Waals surface area contributed by atoms with Crippen LogP contribution in [0.2, 0.25) is 0 Å². The predicted molar refractivity (Wildman–Crippen MR) is 145 cm³/mol. The SMILES string of the molecule is CNc1cccc(NC(=O)NC2N=C(c3ccccn3)c3ccccc3N(CC(=O)C(C)(C)C)C2=O)c1. The monoisotopic (exact) mass is 498 g/mol. The number of anilines is 3. The van der Waals surface area contributed by atoms with Gasteiger partial charge in [0.05, 0.1) is 23.6 Å². The van der Waals surface area contributed by atoms with E-state index in [1.54, 1.807) is 55.7 Å². The van der Waals surface area contributed by atoms with Crippen molar-refractivity contribution in [2.45, 2.75) is 26.9 Å². The fourth-order valence-electron chi connectivity index (χ4n) is 3.82. The lowest BCUT2D eigenvalue weighted by molar-refractivity contribution is -0.127. The van der Waals surface area contributed by atoms with Gasteiger partial charge >= 0.3 is 6.03 Å². The molecule has 9 heteroatoms. The molecule has 3 aromatic rings. The number of carbonyl (C=O) groups excluding carboxylic acids is 3. The average Bonchev–Trinajstić information content (AvgIpc) is 2.99. The predicted octanol–water partition coefficient (Wildman–Crippen LogP) is 4.07. The van der Waals surface area contributed by atoms with Gasteiger partial charge in [-0.2, -0.15) is 0 Å². The third kappa shape index (κ3) is 5.83. The van der Waals surface area contributed by atoms with Crippen molar-refractivity contribution in [3.05, 3.63) is 84.2 Å². The highest BCUT2D eigenvalue weighted by atomic mass is 16.2. The Balaban J connectivity index is 1.74. The van der Waals surface area contributed by atoms with Crippen LogP contribution < -0.4 is 20.9 Å². The Morgan fingerprint density at radius 3 is 2.41 bits per heavy atom. The Morgan fingerprint density at radius 2 is 1.70 bits per heavy atom. The van der Waals surface area contributed by atoms with E-state index in [-0.39, 0.29) is 12.3 Å². The summed E-state index contributed by atoms with van der Waals surface area (Å²) in [6.45, 7) is 5.26. The number of Topliss-reactive ketones (excluding diaryl/α,β-unsaturated/α-hetero) is 1. The molecule has 9 nitrogen and oxygen atoms in total. The van der Waals surface area contributed by atoms with E-state index >= 15 is 0 Å². The molecule has 4 rings (SSSR count). The molecule has 0 saturated heterocycles. The van der Waals surface area contributed by atoms with Crippen LogP contribution in [0.3, 0.4) is 0 Å². The molecule has 1 atom stereocenters. The number of benzodiazepines with no additional fused rings is 1. The van der Waals surface area contributed by atoms with Crippen molar-refractivity contribution in [3.8, 4) is 0 Å². The van der Waals surface area contributed by atoms with Crippen LogP contribution in [0.1, 0.15) is 32.0 Å². The summed E-state index contributed by atoms with van der Waals surface area (Å²) < 4.78 is 0. The second kappa shape index (κ2) is 10.6. The van der Waals surface area contributed by atoms with Gasteiger partial charge in [0.15, 0.2) is 5.78 Å². The molecule has 0 bridgehead atoms. The number of aliphatic imine (C=N–C) groups is 1. The second-order valence-corrected chi connectivity index (χ2v) is 9.64. The zero-order valence-electron chi connectivity index (χ0n) is 21.3. The molecular formula is C28H30N6O3. The van der Waals surface area contributed by atoms with Crippen LogP contribution >= 0.6 is 0 Å². The number of benzene rings is 2. The van der Waals surface area contributed by atoms with Crippen LogP contribution in [0.15, 0.2) is 77.9 Å². The molecule has 2 aromatic carbocycles. The maximum Gasteiger partial charge on any atom is 0.321 e. The standard InChI is InChI=1S/C28H30N6O3/c1-28(2,3)23(35)17-34-22-14-6-5-12-20(22)24(21-13-7-8-15-30-21)32-25(26(34)36)33-27(37)31-19-11-9-10-18(16-19)29-4/h5-16,25,29H,17H2,1-4H3,(H2,31,33,37). The van der Waals surface area contributed by atoms with E-state index in [1.165, 1.54) is 4.90 Å². The van der Waals surface area contributed by atoms with Crippen molar-refractivity contribution in [1.29, 1.82) is 0 Å². The maximum absolute atomic E-state index is 13.8. The highest BCUT2D eigenvalue weighted by Gasteiger charge is 2.36. The number of nitrogens with zero attached hydrogens (tertiary/aromatic N) is 3. The Morgan fingerprint density at radius 1 is 0.973 bits per heavy atom. The van der Waals surface area contributed by atoms with Crippen LogP contribution in [-0.4, -0.2) is 48.2 Å². The summed E-state index contributed by atoms with van der Waals surface area (Å²) in [5.41, 5.74) is 2.86. The first kappa shape index (κ1) is 25.6. The summed E-state index contributed by atoms with van der Waals surface area (Å²) in [7, 11) is 1.78. The van der Waals surface area contributed by atoms with E-state index in [0.717, 1.165) is 5.69 Å². The number of nitrogens with one attached hydrogen (secondary N) is 3. The summed E-state index contributed by atoms with van der Waals surface area (Å²) in [4.78, 5) is 50.3. The molecule has 0 aliphatic carbocycles. The summed E-state index contributed by atoms with van der Waals surface area (Å²) in [5, 5.41) is 8.45. The molecule has 1 aliphatic rings. The molecule has 0 saturated carbocycles. The van der Waals surface area contributed by atoms with Crippen LogP contribution in [-0.2, 0) is 9.59 Å². The molecule has 0 radical (unpaired) electrons. The summed E-state index contributed by atoms with van der Waals surface area (Å²) >= 11 is 0. The fraction of sp³-hybridized carbons (Fsp3) is 0.250. The number of ketones is 1. The third-order valence-corrected chi connectivity index (χ3v) is 5.93. The van der Waals surface area contributed by atoms with Gasteiger partial charge in [0.1, 0.15) is 0 Å². The van der Waals surface area contributed by atoms with E-state index in [2.05, 4.69) is 25.9 Å². The van der Waals surface area contributed by atoms with Gasteiger partial charge in [-0.25, -0.2) is 9.79 Å². The zero-order valence-corrected chi connectivity index (χ0v) is 21.3. The number of hydrogen-bond donors (Lipinski definition) is 3. The van der Waals surface area contributed by atoms with Crippen LogP contribution in [0, 0.1) is 5.41 Å². The van der Waals surface area contributed by atoms with Crippen molar-refractivity contribution in [2.75, 3.05) is 29.1 Å². The number of aromatic nitrogens is 1. The number of carbonyl (C=O) groups is 3. The van der Waals surface area contributed by atoms with Crippen LogP contribution in [0.4, 0.5) is 21.9 Å². The molecule has 37 heavy (non-hydrogen) atoms. The van der Waals surface area contributed by atoms with E-state index in [9.17, 15) is 14.4 Å². The smallest absolute Gasteiger partial charge is 0.321 e. The van der Waals surface area contributed by atoms with Gasteiger partial charge in [0.25, 0.3) is 5.91 Å². The summed E-state index contributed by atoms with van der Waals surface area (Å²) in [5.74, 6) is -0.640. The highest BCUT2D eigenvalue weighted by Crippen LogP contribution is 2.29. The van der Waals surface area contributed by atoms with Gasteiger partial charge in [-0.15, -0.1) is 0 Å². The van der Waals surface area contributed by atoms with Crippen molar-refractivity contribution in [2.24, 2.45) is 10.4 Å². The van der Waals surface area contributed by atoms with Gasteiger partial charge in [0.2, 0.25) is 6.17 Å². The van der Waals surface area contributed by atoms with Gasteiger partial charge in [-0.3, -0.25) is 14.6 Å². The first-order valence-corrected chi connectivity index (χ1v) is 12.0. The number of pyridine rings is 1. The van der Waals surface area contributed by atoms with E-state index in [0.29, 0.717) is 28.3 Å². The van der Waals surface area contributed by atoms with Crippen molar-refractivity contribution in [1.82, 2.24) is 10.3 Å². The van der Waals surface area contributed by atoms with E-state index < -0.39 is 23.5 Å². The lowest BCUT2D eigenvalue weighted by Crippen LogP contribution is -2.50. The number of hydrogen-bond acceptors (Lipinski definition) is 6. The van der Waals surface area contributed by atoms with Crippen molar-refractivity contribution >= 4 is 40.5 Å². The zero-order chi connectivity index (χ0) is 26.6. The largest absolute Gasteiger partial charge is 0.388 e. The maximum atomic E-state index is 13.8. The Hall–Kier alpha value is -4.53. The molecule has 3 N–H and O–H groups in total. The van der Waals surface area contributed by atoms with E-state index in [4.69, 9.17) is 0 Å². The van der Waals surface area contributed by atoms with Crippen LogP contribution in [0.25, 0.3) is 0 Å². The quantitative estimate of drug-likeness (QED) is 0.474. The molecule has 190 valence electrons. The van der Waals surface area contributed by atoms with Gasteiger partial charge in [0, 0.05) is 35.6 Å². The van der Waals surface area contributed by atoms with Gasteiger partial charge in [-0.1, -0.05) is 51.1 Å². The molecule has 0 spiro atoms. The highest BCUT2D eigenvalue weighted by molar-refractivity contribution is 6.20. The third-order valence-electron chi connectivity index (χ3n) is 5.93. The molecule has 1 unspecified atom stereocenters. The number of fused-ring (bicyclic) bond motifs is 1. The second-order valence-electron chi connectivity index (χ2n) is 9.64. The Bertz CT molecular complexity index is 1350. The number of urea groups is 1.